The van der Waals surface area contributed by atoms with Crippen molar-refractivity contribution in [2.75, 3.05) is 18.6 Å². The number of carbonyl (C=O) groups is 1. The lowest BCUT2D eigenvalue weighted by atomic mass is 10.1. The van der Waals surface area contributed by atoms with Gasteiger partial charge in [0.25, 0.3) is 5.91 Å². The van der Waals surface area contributed by atoms with Gasteiger partial charge in [0.2, 0.25) is 0 Å². The van der Waals surface area contributed by atoms with Crippen LogP contribution in [0.5, 0.6) is 5.75 Å². The van der Waals surface area contributed by atoms with Crippen molar-refractivity contribution in [2.24, 2.45) is 0 Å². The summed E-state index contributed by atoms with van der Waals surface area (Å²) in [5, 5.41) is 0. The zero-order valence-electron chi connectivity index (χ0n) is 13.2. The highest BCUT2D eigenvalue weighted by molar-refractivity contribution is 6.04. The van der Waals surface area contributed by atoms with Crippen molar-refractivity contribution < 1.29 is 9.53 Å². The highest BCUT2D eigenvalue weighted by atomic mass is 16.5. The molecular weight excluding hydrogens is 274 g/mol. The molecule has 0 aliphatic carbocycles. The average Bonchev–Trinajstić information content (AvgIpc) is 2.56. The molecule has 0 bridgehead atoms. The van der Waals surface area contributed by atoms with Crippen LogP contribution in [0.2, 0.25) is 0 Å². The number of para-hydroxylation sites is 1. The SMILES string of the molecule is CCN(C(=O)C=Cc1ccc(OC)cc1)c1ccccc1C. The van der Waals surface area contributed by atoms with Crippen LogP contribution >= 0.6 is 0 Å². The average molecular weight is 295 g/mol. The molecule has 0 aliphatic rings. The fraction of sp³-hybridized carbons (Fsp3) is 0.211. The molecule has 2 rings (SSSR count). The molecule has 0 saturated heterocycles. The molecule has 2 aromatic carbocycles. The Hall–Kier alpha value is -2.55. The van der Waals surface area contributed by atoms with Crippen LogP contribution in [0.4, 0.5) is 5.69 Å². The molecule has 0 aliphatic heterocycles. The summed E-state index contributed by atoms with van der Waals surface area (Å²) in [6.45, 7) is 4.63. The van der Waals surface area contributed by atoms with Gasteiger partial charge in [0.15, 0.2) is 0 Å². The molecule has 2 aromatic rings. The second-order valence-corrected chi connectivity index (χ2v) is 4.98. The third-order valence-corrected chi connectivity index (χ3v) is 3.52. The number of rotatable bonds is 5. The van der Waals surface area contributed by atoms with E-state index in [2.05, 4.69) is 0 Å². The maximum atomic E-state index is 12.4. The normalized spacial score (nSPS) is 10.7. The van der Waals surface area contributed by atoms with Gasteiger partial charge in [-0.15, -0.1) is 0 Å². The van der Waals surface area contributed by atoms with Crippen molar-refractivity contribution in [3.8, 4) is 5.75 Å². The molecule has 3 nitrogen and oxygen atoms in total. The number of carbonyl (C=O) groups excluding carboxylic acids is 1. The summed E-state index contributed by atoms with van der Waals surface area (Å²) in [4.78, 5) is 14.2. The van der Waals surface area contributed by atoms with Gasteiger partial charge in [0.05, 0.1) is 7.11 Å². The maximum absolute atomic E-state index is 12.4. The lowest BCUT2D eigenvalue weighted by Gasteiger charge is -2.21. The van der Waals surface area contributed by atoms with E-state index in [1.54, 1.807) is 18.1 Å². The van der Waals surface area contributed by atoms with Crippen molar-refractivity contribution >= 4 is 17.7 Å². The van der Waals surface area contributed by atoms with Crippen molar-refractivity contribution in [3.63, 3.8) is 0 Å². The van der Waals surface area contributed by atoms with Crippen LogP contribution in [-0.4, -0.2) is 19.6 Å². The van der Waals surface area contributed by atoms with Crippen LogP contribution < -0.4 is 9.64 Å². The quantitative estimate of drug-likeness (QED) is 0.778. The molecule has 0 N–H and O–H groups in total. The van der Waals surface area contributed by atoms with Crippen LogP contribution in [0, 0.1) is 6.92 Å². The third kappa shape index (κ3) is 3.76. The lowest BCUT2D eigenvalue weighted by Crippen LogP contribution is -2.29. The summed E-state index contributed by atoms with van der Waals surface area (Å²) >= 11 is 0. The van der Waals surface area contributed by atoms with Crippen molar-refractivity contribution in [2.45, 2.75) is 13.8 Å². The Kier molecular flexibility index (Phi) is 5.37. The summed E-state index contributed by atoms with van der Waals surface area (Å²) in [5.74, 6) is 0.784. The number of likely N-dealkylation sites (N-methyl/N-ethyl adjacent to an activating group) is 1. The molecular formula is C19H21NO2. The number of hydrogen-bond donors (Lipinski definition) is 0. The molecule has 0 aromatic heterocycles. The summed E-state index contributed by atoms with van der Waals surface area (Å²) in [5.41, 5.74) is 3.01. The van der Waals surface area contributed by atoms with E-state index < -0.39 is 0 Å². The lowest BCUT2D eigenvalue weighted by molar-refractivity contribution is -0.114. The minimum Gasteiger partial charge on any atom is -0.497 e. The number of hydrogen-bond acceptors (Lipinski definition) is 2. The minimum atomic E-state index is -0.0207. The van der Waals surface area contributed by atoms with E-state index in [0.717, 1.165) is 22.6 Å². The largest absolute Gasteiger partial charge is 0.497 e. The van der Waals surface area contributed by atoms with Crippen LogP contribution in [-0.2, 0) is 4.79 Å². The summed E-state index contributed by atoms with van der Waals surface area (Å²) < 4.78 is 5.12. The van der Waals surface area contributed by atoms with E-state index in [0.29, 0.717) is 6.54 Å². The van der Waals surface area contributed by atoms with Gasteiger partial charge in [-0.1, -0.05) is 30.3 Å². The second-order valence-electron chi connectivity index (χ2n) is 4.98. The van der Waals surface area contributed by atoms with Gasteiger partial charge in [-0.05, 0) is 49.2 Å². The van der Waals surface area contributed by atoms with Gasteiger partial charge in [0, 0.05) is 18.3 Å². The van der Waals surface area contributed by atoms with E-state index in [-0.39, 0.29) is 5.91 Å². The first-order valence-electron chi connectivity index (χ1n) is 7.35. The Morgan fingerprint density at radius 2 is 1.82 bits per heavy atom. The molecule has 0 radical (unpaired) electrons. The minimum absolute atomic E-state index is 0.0207. The first-order chi connectivity index (χ1) is 10.7. The number of anilines is 1. The van der Waals surface area contributed by atoms with Crippen LogP contribution in [0.15, 0.2) is 54.6 Å². The molecule has 0 unspecified atom stereocenters. The van der Waals surface area contributed by atoms with Gasteiger partial charge in [-0.2, -0.15) is 0 Å². The number of aryl methyl sites for hydroxylation is 1. The predicted molar refractivity (Wildman–Crippen MR) is 91.2 cm³/mol. The summed E-state index contributed by atoms with van der Waals surface area (Å²) in [7, 11) is 1.63. The topological polar surface area (TPSA) is 29.5 Å². The Balaban J connectivity index is 2.15. The third-order valence-electron chi connectivity index (χ3n) is 3.52. The zero-order chi connectivity index (χ0) is 15.9. The van der Waals surface area contributed by atoms with E-state index >= 15 is 0 Å². The first kappa shape index (κ1) is 15.8. The smallest absolute Gasteiger partial charge is 0.250 e. The second kappa shape index (κ2) is 7.46. The van der Waals surface area contributed by atoms with Crippen molar-refractivity contribution in [1.82, 2.24) is 0 Å². The highest BCUT2D eigenvalue weighted by Gasteiger charge is 2.12. The zero-order valence-corrected chi connectivity index (χ0v) is 13.2. The van der Waals surface area contributed by atoms with Gasteiger partial charge in [0.1, 0.15) is 5.75 Å². The molecule has 0 fully saturated rings. The molecule has 22 heavy (non-hydrogen) atoms. The monoisotopic (exact) mass is 295 g/mol. The Labute approximate surface area is 131 Å². The highest BCUT2D eigenvalue weighted by Crippen LogP contribution is 2.20. The summed E-state index contributed by atoms with van der Waals surface area (Å²) in [6.07, 6.45) is 3.43. The van der Waals surface area contributed by atoms with Gasteiger partial charge >= 0.3 is 0 Å². The molecule has 0 saturated carbocycles. The van der Waals surface area contributed by atoms with Crippen LogP contribution in [0.3, 0.4) is 0 Å². The first-order valence-corrected chi connectivity index (χ1v) is 7.35. The van der Waals surface area contributed by atoms with Crippen LogP contribution in [0.25, 0.3) is 6.08 Å². The maximum Gasteiger partial charge on any atom is 0.250 e. The van der Waals surface area contributed by atoms with Gasteiger partial charge < -0.3 is 9.64 Å². The van der Waals surface area contributed by atoms with Crippen LogP contribution in [0.1, 0.15) is 18.1 Å². The summed E-state index contributed by atoms with van der Waals surface area (Å²) in [6, 6.07) is 15.5. The van der Waals surface area contributed by atoms with E-state index in [4.69, 9.17) is 4.74 Å². The number of amides is 1. The number of benzene rings is 2. The molecule has 3 heteroatoms. The Bertz CT molecular complexity index is 659. The molecule has 0 heterocycles. The number of methoxy groups -OCH3 is 1. The van der Waals surface area contributed by atoms with Gasteiger partial charge in [-0.3, -0.25) is 4.79 Å². The van der Waals surface area contributed by atoms with Crippen molar-refractivity contribution in [3.05, 3.63) is 65.7 Å². The van der Waals surface area contributed by atoms with E-state index in [9.17, 15) is 4.79 Å². The fourth-order valence-electron chi connectivity index (χ4n) is 2.28. The van der Waals surface area contributed by atoms with E-state index in [1.807, 2.05) is 68.5 Å². The predicted octanol–water partition coefficient (Wildman–Crippen LogP) is 4.07. The van der Waals surface area contributed by atoms with Gasteiger partial charge in [-0.25, -0.2) is 0 Å². The standard InChI is InChI=1S/C19H21NO2/c1-4-20(18-8-6-5-7-15(18)2)19(21)14-11-16-9-12-17(22-3)13-10-16/h5-14H,4H2,1-3H3. The van der Waals surface area contributed by atoms with E-state index in [1.165, 1.54) is 0 Å². The Morgan fingerprint density at radius 1 is 1.14 bits per heavy atom. The molecule has 1 amide bonds. The molecule has 0 atom stereocenters. The molecule has 0 spiro atoms. The number of ether oxygens (including phenoxy) is 1. The Morgan fingerprint density at radius 3 is 2.41 bits per heavy atom. The molecule has 114 valence electrons. The number of nitrogens with zero attached hydrogens (tertiary/aromatic N) is 1. The van der Waals surface area contributed by atoms with Crippen molar-refractivity contribution in [1.29, 1.82) is 0 Å². The fourth-order valence-corrected chi connectivity index (χ4v) is 2.28.